The molecule has 0 radical (unpaired) electrons. The molecule has 0 atom stereocenters. The molecule has 1 aliphatic rings. The van der Waals surface area contributed by atoms with Crippen LogP contribution in [0.5, 0.6) is 5.75 Å². The molecular formula is C18H19FO2. The fourth-order valence-corrected chi connectivity index (χ4v) is 2.70. The molecule has 0 spiro atoms. The predicted octanol–water partition coefficient (Wildman–Crippen LogP) is 4.26. The summed E-state index contributed by atoms with van der Waals surface area (Å²) in [6.07, 6.45) is 2.32. The van der Waals surface area contributed by atoms with Gasteiger partial charge in [-0.05, 0) is 60.6 Å². The first kappa shape index (κ1) is 14.1. The molecule has 2 aromatic carbocycles. The van der Waals surface area contributed by atoms with Crippen LogP contribution in [0.4, 0.5) is 4.39 Å². The molecule has 0 unspecified atom stereocenters. The normalized spacial score (nSPS) is 14.2. The van der Waals surface area contributed by atoms with E-state index in [9.17, 15) is 9.50 Å². The van der Waals surface area contributed by atoms with Crippen LogP contribution in [0.2, 0.25) is 0 Å². The first-order chi connectivity index (χ1) is 10.2. The number of hydrogen-bond acceptors (Lipinski definition) is 2. The molecule has 0 aliphatic heterocycles. The molecule has 0 saturated heterocycles. The number of rotatable bonds is 5. The van der Waals surface area contributed by atoms with Crippen molar-refractivity contribution in [3.05, 3.63) is 53.3 Å². The standard InChI is InChI=1S/C18H19FO2/c1-2-21-17-10-12(11-20)9-16(13-3-4-13)18(17)14-5-7-15(19)8-6-14/h5-10,13,20H,2-4,11H2,1H3. The van der Waals surface area contributed by atoms with E-state index >= 15 is 0 Å². The van der Waals surface area contributed by atoms with Crippen LogP contribution in [-0.2, 0) is 6.61 Å². The molecule has 2 nitrogen and oxygen atoms in total. The van der Waals surface area contributed by atoms with E-state index in [1.54, 1.807) is 12.1 Å². The van der Waals surface area contributed by atoms with Crippen LogP contribution in [0.25, 0.3) is 11.1 Å². The lowest BCUT2D eigenvalue weighted by atomic mass is 9.93. The van der Waals surface area contributed by atoms with Crippen LogP contribution in [0.3, 0.4) is 0 Å². The van der Waals surface area contributed by atoms with E-state index in [0.717, 1.165) is 35.3 Å². The second kappa shape index (κ2) is 5.86. The topological polar surface area (TPSA) is 29.5 Å². The monoisotopic (exact) mass is 286 g/mol. The Bertz CT molecular complexity index is 630. The first-order valence-electron chi connectivity index (χ1n) is 7.39. The summed E-state index contributed by atoms with van der Waals surface area (Å²) < 4.78 is 19.0. The fourth-order valence-electron chi connectivity index (χ4n) is 2.70. The fraction of sp³-hybridized carbons (Fsp3) is 0.333. The van der Waals surface area contributed by atoms with Gasteiger partial charge in [-0.1, -0.05) is 18.2 Å². The molecule has 3 rings (SSSR count). The van der Waals surface area contributed by atoms with E-state index in [2.05, 4.69) is 6.07 Å². The number of ether oxygens (including phenoxy) is 1. The second-order valence-electron chi connectivity index (χ2n) is 5.43. The lowest BCUT2D eigenvalue weighted by Gasteiger charge is -2.17. The third-order valence-electron chi connectivity index (χ3n) is 3.82. The Kier molecular flexibility index (Phi) is 3.93. The zero-order valence-corrected chi connectivity index (χ0v) is 12.1. The minimum absolute atomic E-state index is 0.00346. The van der Waals surface area contributed by atoms with E-state index in [1.165, 1.54) is 17.7 Å². The van der Waals surface area contributed by atoms with Crippen molar-refractivity contribution in [1.29, 1.82) is 0 Å². The molecule has 21 heavy (non-hydrogen) atoms. The molecule has 110 valence electrons. The molecule has 1 fully saturated rings. The van der Waals surface area contributed by atoms with E-state index in [1.807, 2.05) is 13.0 Å². The maximum atomic E-state index is 13.2. The molecule has 0 amide bonds. The SMILES string of the molecule is CCOc1cc(CO)cc(C2CC2)c1-c1ccc(F)cc1. The molecular weight excluding hydrogens is 267 g/mol. The van der Waals surface area contributed by atoms with Crippen molar-refractivity contribution in [2.24, 2.45) is 0 Å². The van der Waals surface area contributed by atoms with Crippen molar-refractivity contribution < 1.29 is 14.2 Å². The second-order valence-corrected chi connectivity index (χ2v) is 5.43. The Hall–Kier alpha value is -1.87. The molecule has 0 bridgehead atoms. The van der Waals surface area contributed by atoms with Crippen molar-refractivity contribution in [3.8, 4) is 16.9 Å². The summed E-state index contributed by atoms with van der Waals surface area (Å²) in [5.74, 6) is 1.06. The Morgan fingerprint density at radius 1 is 1.19 bits per heavy atom. The summed E-state index contributed by atoms with van der Waals surface area (Å²) in [5, 5.41) is 9.45. The smallest absolute Gasteiger partial charge is 0.127 e. The Morgan fingerprint density at radius 3 is 2.48 bits per heavy atom. The van der Waals surface area contributed by atoms with Gasteiger partial charge in [0, 0.05) is 5.56 Å². The van der Waals surface area contributed by atoms with Gasteiger partial charge in [-0.15, -0.1) is 0 Å². The highest BCUT2D eigenvalue weighted by molar-refractivity contribution is 5.76. The number of benzene rings is 2. The Labute approximate surface area is 124 Å². The van der Waals surface area contributed by atoms with Crippen molar-refractivity contribution >= 4 is 0 Å². The summed E-state index contributed by atoms with van der Waals surface area (Å²) in [7, 11) is 0. The minimum atomic E-state index is -0.239. The van der Waals surface area contributed by atoms with Gasteiger partial charge in [0.2, 0.25) is 0 Å². The van der Waals surface area contributed by atoms with Crippen LogP contribution in [0.15, 0.2) is 36.4 Å². The molecule has 3 heteroatoms. The summed E-state index contributed by atoms with van der Waals surface area (Å²) in [6.45, 7) is 2.51. The van der Waals surface area contributed by atoms with E-state index in [-0.39, 0.29) is 12.4 Å². The summed E-state index contributed by atoms with van der Waals surface area (Å²) in [5.41, 5.74) is 4.07. The lowest BCUT2D eigenvalue weighted by molar-refractivity contribution is 0.280. The molecule has 0 heterocycles. The third-order valence-corrected chi connectivity index (χ3v) is 3.82. The van der Waals surface area contributed by atoms with Gasteiger partial charge in [0.25, 0.3) is 0 Å². The van der Waals surface area contributed by atoms with Gasteiger partial charge in [0.15, 0.2) is 0 Å². The molecule has 0 aromatic heterocycles. The van der Waals surface area contributed by atoms with Gasteiger partial charge in [0.1, 0.15) is 11.6 Å². The Morgan fingerprint density at radius 2 is 1.90 bits per heavy atom. The van der Waals surface area contributed by atoms with Crippen molar-refractivity contribution in [1.82, 2.24) is 0 Å². The van der Waals surface area contributed by atoms with Crippen molar-refractivity contribution in [2.75, 3.05) is 6.61 Å². The molecule has 1 saturated carbocycles. The van der Waals surface area contributed by atoms with Crippen LogP contribution >= 0.6 is 0 Å². The molecule has 2 aromatic rings. The number of aliphatic hydroxyl groups excluding tert-OH is 1. The van der Waals surface area contributed by atoms with Crippen LogP contribution in [0, 0.1) is 5.82 Å². The van der Waals surface area contributed by atoms with Gasteiger partial charge in [0.05, 0.1) is 13.2 Å². The van der Waals surface area contributed by atoms with Crippen molar-refractivity contribution in [3.63, 3.8) is 0 Å². The summed E-state index contributed by atoms with van der Waals surface area (Å²) >= 11 is 0. The summed E-state index contributed by atoms with van der Waals surface area (Å²) in [6, 6.07) is 10.5. The average molecular weight is 286 g/mol. The van der Waals surface area contributed by atoms with Crippen LogP contribution in [0.1, 0.15) is 36.8 Å². The minimum Gasteiger partial charge on any atom is -0.493 e. The number of hydrogen-bond donors (Lipinski definition) is 1. The lowest BCUT2D eigenvalue weighted by Crippen LogP contribution is -2.00. The van der Waals surface area contributed by atoms with Gasteiger partial charge >= 0.3 is 0 Å². The highest BCUT2D eigenvalue weighted by Crippen LogP contribution is 2.48. The first-order valence-corrected chi connectivity index (χ1v) is 7.39. The van der Waals surface area contributed by atoms with Gasteiger partial charge in [-0.25, -0.2) is 4.39 Å². The Balaban J connectivity index is 2.17. The predicted molar refractivity (Wildman–Crippen MR) is 80.9 cm³/mol. The zero-order valence-electron chi connectivity index (χ0n) is 12.1. The van der Waals surface area contributed by atoms with Crippen LogP contribution in [-0.4, -0.2) is 11.7 Å². The third kappa shape index (κ3) is 2.93. The van der Waals surface area contributed by atoms with E-state index in [4.69, 9.17) is 4.74 Å². The molecule has 1 N–H and O–H groups in total. The largest absolute Gasteiger partial charge is 0.493 e. The maximum Gasteiger partial charge on any atom is 0.127 e. The van der Waals surface area contributed by atoms with E-state index in [0.29, 0.717) is 12.5 Å². The van der Waals surface area contributed by atoms with Crippen molar-refractivity contribution in [2.45, 2.75) is 32.3 Å². The van der Waals surface area contributed by atoms with Crippen LogP contribution < -0.4 is 4.74 Å². The average Bonchev–Trinajstić information content (AvgIpc) is 3.32. The maximum absolute atomic E-state index is 13.2. The number of halogens is 1. The van der Waals surface area contributed by atoms with Gasteiger partial charge < -0.3 is 9.84 Å². The highest BCUT2D eigenvalue weighted by atomic mass is 19.1. The highest BCUT2D eigenvalue weighted by Gasteiger charge is 2.28. The number of aliphatic hydroxyl groups is 1. The quantitative estimate of drug-likeness (QED) is 0.890. The molecule has 1 aliphatic carbocycles. The zero-order chi connectivity index (χ0) is 14.8. The van der Waals surface area contributed by atoms with E-state index < -0.39 is 0 Å². The van der Waals surface area contributed by atoms with Gasteiger partial charge in [-0.3, -0.25) is 0 Å². The summed E-state index contributed by atoms with van der Waals surface area (Å²) in [4.78, 5) is 0. The van der Waals surface area contributed by atoms with Gasteiger partial charge in [-0.2, -0.15) is 0 Å².